The van der Waals surface area contributed by atoms with Crippen LogP contribution in [0.1, 0.15) is 24.5 Å². The third kappa shape index (κ3) is 5.00. The van der Waals surface area contributed by atoms with E-state index in [-0.39, 0.29) is 16.2 Å². The van der Waals surface area contributed by atoms with E-state index in [2.05, 4.69) is 4.98 Å². The fraction of sp³-hybridized carbons (Fsp3) is 0.333. The zero-order chi connectivity index (χ0) is 21.7. The summed E-state index contributed by atoms with van der Waals surface area (Å²) in [5.74, 6) is 0.456. The summed E-state index contributed by atoms with van der Waals surface area (Å²) >= 11 is 7.47. The van der Waals surface area contributed by atoms with Gasteiger partial charge in [0.25, 0.3) is 11.2 Å². The van der Waals surface area contributed by atoms with Crippen LogP contribution >= 0.6 is 23.4 Å². The summed E-state index contributed by atoms with van der Waals surface area (Å²) in [6.07, 6.45) is 0.678. The van der Waals surface area contributed by atoms with Crippen molar-refractivity contribution in [3.63, 3.8) is 0 Å². The SMILES string of the molecule is CCOCCCn1c(SCc2cccc([N+](=O)[O-])c2C)nc2cc(Cl)ccc2c1=O. The Morgan fingerprint density at radius 1 is 1.30 bits per heavy atom. The minimum absolute atomic E-state index is 0.0838. The van der Waals surface area contributed by atoms with Crippen LogP contribution in [0, 0.1) is 17.0 Å². The highest BCUT2D eigenvalue weighted by atomic mass is 35.5. The van der Waals surface area contributed by atoms with E-state index in [1.165, 1.54) is 17.8 Å². The summed E-state index contributed by atoms with van der Waals surface area (Å²) in [5.41, 5.74) is 1.93. The predicted molar refractivity (Wildman–Crippen MR) is 120 cm³/mol. The molecule has 0 N–H and O–H groups in total. The zero-order valence-electron chi connectivity index (χ0n) is 16.8. The number of nitro groups is 1. The Labute approximate surface area is 183 Å². The van der Waals surface area contributed by atoms with Crippen molar-refractivity contribution in [1.29, 1.82) is 0 Å². The minimum Gasteiger partial charge on any atom is -0.382 e. The number of benzene rings is 2. The normalized spacial score (nSPS) is 11.2. The third-order valence-corrected chi connectivity index (χ3v) is 5.99. The smallest absolute Gasteiger partial charge is 0.272 e. The topological polar surface area (TPSA) is 87.3 Å². The third-order valence-electron chi connectivity index (χ3n) is 4.73. The van der Waals surface area contributed by atoms with Gasteiger partial charge in [-0.15, -0.1) is 0 Å². The summed E-state index contributed by atoms with van der Waals surface area (Å²) in [6.45, 7) is 5.31. The zero-order valence-corrected chi connectivity index (χ0v) is 18.3. The number of fused-ring (bicyclic) bond motifs is 1. The molecule has 0 bridgehead atoms. The maximum Gasteiger partial charge on any atom is 0.272 e. The van der Waals surface area contributed by atoms with Crippen LogP contribution in [-0.2, 0) is 17.0 Å². The van der Waals surface area contributed by atoms with Crippen LogP contribution in [0.25, 0.3) is 10.9 Å². The molecule has 30 heavy (non-hydrogen) atoms. The first-order valence-electron chi connectivity index (χ1n) is 9.56. The summed E-state index contributed by atoms with van der Waals surface area (Å²) < 4.78 is 7.04. The van der Waals surface area contributed by atoms with E-state index in [9.17, 15) is 14.9 Å². The van der Waals surface area contributed by atoms with E-state index >= 15 is 0 Å². The lowest BCUT2D eigenvalue weighted by Gasteiger charge is -2.14. The number of aromatic nitrogens is 2. The summed E-state index contributed by atoms with van der Waals surface area (Å²) in [5, 5.41) is 12.8. The number of thioether (sulfide) groups is 1. The van der Waals surface area contributed by atoms with Gasteiger partial charge in [0.2, 0.25) is 0 Å². The second kappa shape index (κ2) is 10.1. The van der Waals surface area contributed by atoms with Crippen LogP contribution in [-0.4, -0.2) is 27.7 Å². The molecule has 1 aromatic heterocycles. The molecule has 2 aromatic carbocycles. The van der Waals surface area contributed by atoms with Crippen molar-refractivity contribution in [2.45, 2.75) is 37.7 Å². The largest absolute Gasteiger partial charge is 0.382 e. The Morgan fingerprint density at radius 2 is 2.10 bits per heavy atom. The maximum atomic E-state index is 13.1. The quantitative estimate of drug-likeness (QED) is 0.151. The molecule has 0 unspecified atom stereocenters. The second-order valence-corrected chi connectivity index (χ2v) is 8.05. The number of hydrogen-bond donors (Lipinski definition) is 0. The molecule has 0 saturated carbocycles. The molecule has 0 radical (unpaired) electrons. The number of nitrogens with zero attached hydrogens (tertiary/aromatic N) is 3. The van der Waals surface area contributed by atoms with Crippen molar-refractivity contribution in [3.8, 4) is 0 Å². The molecule has 0 spiro atoms. The fourth-order valence-electron chi connectivity index (χ4n) is 3.12. The van der Waals surface area contributed by atoms with E-state index in [4.69, 9.17) is 16.3 Å². The van der Waals surface area contributed by atoms with Gasteiger partial charge in [-0.05, 0) is 44.0 Å². The highest BCUT2D eigenvalue weighted by molar-refractivity contribution is 7.98. The van der Waals surface area contributed by atoms with Gasteiger partial charge in [-0.1, -0.05) is 35.5 Å². The van der Waals surface area contributed by atoms with Gasteiger partial charge in [0, 0.05) is 42.2 Å². The molecule has 0 aliphatic carbocycles. The van der Waals surface area contributed by atoms with E-state index < -0.39 is 0 Å². The Kier molecular flexibility index (Phi) is 7.47. The van der Waals surface area contributed by atoms with E-state index in [1.807, 2.05) is 13.0 Å². The molecule has 0 amide bonds. The molecule has 3 aromatic rings. The lowest BCUT2D eigenvalue weighted by atomic mass is 10.1. The van der Waals surface area contributed by atoms with Crippen molar-refractivity contribution in [3.05, 3.63) is 73.0 Å². The van der Waals surface area contributed by atoms with Gasteiger partial charge in [-0.25, -0.2) is 4.98 Å². The van der Waals surface area contributed by atoms with Crippen LogP contribution in [0.5, 0.6) is 0 Å². The molecule has 0 atom stereocenters. The molecular weight excluding hydrogens is 426 g/mol. The Hall–Kier alpha value is -2.42. The summed E-state index contributed by atoms with van der Waals surface area (Å²) in [6, 6.07) is 10.0. The molecule has 0 fully saturated rings. The Balaban J connectivity index is 1.95. The molecule has 7 nitrogen and oxygen atoms in total. The van der Waals surface area contributed by atoms with Gasteiger partial charge in [0.05, 0.1) is 15.8 Å². The van der Waals surface area contributed by atoms with Crippen molar-refractivity contribution in [1.82, 2.24) is 9.55 Å². The molecule has 9 heteroatoms. The number of nitro benzene ring substituents is 1. The number of halogens is 1. The molecule has 158 valence electrons. The molecular formula is C21H22ClN3O4S. The van der Waals surface area contributed by atoms with Crippen LogP contribution in [0.2, 0.25) is 5.02 Å². The molecule has 0 aliphatic rings. The van der Waals surface area contributed by atoms with Gasteiger partial charge >= 0.3 is 0 Å². The van der Waals surface area contributed by atoms with Crippen LogP contribution in [0.4, 0.5) is 5.69 Å². The van der Waals surface area contributed by atoms with E-state index in [0.717, 1.165) is 5.56 Å². The molecule has 3 rings (SSSR count). The fourth-order valence-corrected chi connectivity index (χ4v) is 4.37. The first-order chi connectivity index (χ1) is 14.4. The van der Waals surface area contributed by atoms with Gasteiger partial charge < -0.3 is 4.74 Å². The molecule has 0 saturated heterocycles. The average Bonchev–Trinajstić information content (AvgIpc) is 2.71. The number of rotatable bonds is 9. The second-order valence-electron chi connectivity index (χ2n) is 6.67. The number of ether oxygens (including phenoxy) is 1. The number of hydrogen-bond acceptors (Lipinski definition) is 6. The van der Waals surface area contributed by atoms with E-state index in [1.54, 1.807) is 35.8 Å². The van der Waals surface area contributed by atoms with Gasteiger partial charge in [-0.2, -0.15) is 0 Å². The standard InChI is InChI=1S/C21H22ClN3O4S/c1-3-29-11-5-10-24-20(26)17-9-8-16(22)12-18(17)23-21(24)30-13-15-6-4-7-19(14(15)2)25(27)28/h4,6-9,12H,3,5,10-11,13H2,1-2H3. The molecule has 0 aliphatic heterocycles. The Bertz CT molecular complexity index is 1130. The Morgan fingerprint density at radius 3 is 2.83 bits per heavy atom. The average molecular weight is 448 g/mol. The highest BCUT2D eigenvalue weighted by Crippen LogP contribution is 2.28. The predicted octanol–water partition coefficient (Wildman–Crippen LogP) is 4.99. The van der Waals surface area contributed by atoms with Gasteiger partial charge in [0.15, 0.2) is 5.16 Å². The maximum absolute atomic E-state index is 13.1. The van der Waals surface area contributed by atoms with Crippen LogP contribution < -0.4 is 5.56 Å². The summed E-state index contributed by atoms with van der Waals surface area (Å²) in [7, 11) is 0. The monoisotopic (exact) mass is 447 g/mol. The van der Waals surface area contributed by atoms with Crippen molar-refractivity contribution in [2.75, 3.05) is 13.2 Å². The van der Waals surface area contributed by atoms with Crippen molar-refractivity contribution >= 4 is 40.0 Å². The molecule has 1 heterocycles. The van der Waals surface area contributed by atoms with Crippen molar-refractivity contribution in [2.24, 2.45) is 0 Å². The lowest BCUT2D eigenvalue weighted by Crippen LogP contribution is -2.24. The van der Waals surface area contributed by atoms with Gasteiger partial charge in [0.1, 0.15) is 0 Å². The first-order valence-corrected chi connectivity index (χ1v) is 10.9. The van der Waals surface area contributed by atoms with E-state index in [0.29, 0.717) is 58.6 Å². The highest BCUT2D eigenvalue weighted by Gasteiger charge is 2.16. The van der Waals surface area contributed by atoms with Crippen LogP contribution in [0.15, 0.2) is 46.3 Å². The first kappa shape index (κ1) is 22.3. The summed E-state index contributed by atoms with van der Waals surface area (Å²) in [4.78, 5) is 28.6. The lowest BCUT2D eigenvalue weighted by molar-refractivity contribution is -0.385. The van der Waals surface area contributed by atoms with Gasteiger partial charge in [-0.3, -0.25) is 19.5 Å². The van der Waals surface area contributed by atoms with Crippen molar-refractivity contribution < 1.29 is 9.66 Å². The minimum atomic E-state index is -0.385. The van der Waals surface area contributed by atoms with Crippen LogP contribution in [0.3, 0.4) is 0 Å².